The zero-order valence-electron chi connectivity index (χ0n) is 13.5. The molecular formula is C20H25NO. The molecular weight excluding hydrogens is 270 g/mol. The summed E-state index contributed by atoms with van der Waals surface area (Å²) in [6.07, 6.45) is 0.796. The highest BCUT2D eigenvalue weighted by atomic mass is 16.3. The highest BCUT2D eigenvalue weighted by molar-refractivity contribution is 5.29. The maximum absolute atomic E-state index is 11.2. The molecule has 0 unspecified atom stereocenters. The Morgan fingerprint density at radius 2 is 1.91 bits per heavy atom. The summed E-state index contributed by atoms with van der Waals surface area (Å²) in [5, 5.41) is 11.2. The van der Waals surface area contributed by atoms with Crippen LogP contribution in [-0.2, 0) is 12.1 Å². The van der Waals surface area contributed by atoms with E-state index in [1.165, 1.54) is 11.1 Å². The van der Waals surface area contributed by atoms with Crippen molar-refractivity contribution in [2.24, 2.45) is 5.92 Å². The van der Waals surface area contributed by atoms with Crippen molar-refractivity contribution in [3.8, 4) is 0 Å². The molecule has 1 aliphatic rings. The number of hydrogen-bond donors (Lipinski definition) is 1. The van der Waals surface area contributed by atoms with Crippen LogP contribution in [0.5, 0.6) is 0 Å². The molecule has 2 aromatic rings. The lowest BCUT2D eigenvalue weighted by atomic mass is 9.76. The molecule has 0 aromatic heterocycles. The first-order valence-electron chi connectivity index (χ1n) is 8.14. The van der Waals surface area contributed by atoms with E-state index < -0.39 is 5.60 Å². The Balaban J connectivity index is 1.72. The van der Waals surface area contributed by atoms with Crippen molar-refractivity contribution in [1.29, 1.82) is 0 Å². The minimum Gasteiger partial charge on any atom is -0.385 e. The van der Waals surface area contributed by atoms with Gasteiger partial charge >= 0.3 is 0 Å². The molecule has 2 aromatic carbocycles. The number of benzene rings is 2. The van der Waals surface area contributed by atoms with Crippen molar-refractivity contribution < 1.29 is 5.11 Å². The third-order valence-electron chi connectivity index (χ3n) is 4.92. The summed E-state index contributed by atoms with van der Waals surface area (Å²) in [7, 11) is 0. The molecule has 0 bridgehead atoms. The van der Waals surface area contributed by atoms with Gasteiger partial charge in [0.25, 0.3) is 0 Å². The third kappa shape index (κ3) is 3.08. The third-order valence-corrected chi connectivity index (χ3v) is 4.92. The van der Waals surface area contributed by atoms with Gasteiger partial charge in [-0.3, -0.25) is 4.90 Å². The summed E-state index contributed by atoms with van der Waals surface area (Å²) < 4.78 is 0. The van der Waals surface area contributed by atoms with Crippen molar-refractivity contribution in [2.45, 2.75) is 32.4 Å². The maximum Gasteiger partial charge on any atom is 0.0946 e. The zero-order chi connectivity index (χ0) is 15.6. The molecule has 2 atom stereocenters. The lowest BCUT2D eigenvalue weighted by Gasteiger charge is -2.43. The first kappa shape index (κ1) is 15.3. The van der Waals surface area contributed by atoms with Crippen molar-refractivity contribution in [3.05, 3.63) is 71.3 Å². The van der Waals surface area contributed by atoms with E-state index in [1.54, 1.807) is 0 Å². The summed E-state index contributed by atoms with van der Waals surface area (Å²) >= 11 is 0. The lowest BCUT2D eigenvalue weighted by molar-refractivity contribution is -0.0728. The van der Waals surface area contributed by atoms with Crippen LogP contribution >= 0.6 is 0 Å². The van der Waals surface area contributed by atoms with Gasteiger partial charge < -0.3 is 5.11 Å². The Morgan fingerprint density at radius 1 is 1.14 bits per heavy atom. The van der Waals surface area contributed by atoms with Gasteiger partial charge in [0.15, 0.2) is 0 Å². The normalized spacial score (nSPS) is 26.0. The fourth-order valence-electron chi connectivity index (χ4n) is 3.53. The second kappa shape index (κ2) is 6.23. The predicted molar refractivity (Wildman–Crippen MR) is 90.6 cm³/mol. The van der Waals surface area contributed by atoms with E-state index in [9.17, 15) is 5.11 Å². The Kier molecular flexibility index (Phi) is 4.32. The van der Waals surface area contributed by atoms with E-state index in [-0.39, 0.29) is 5.92 Å². The molecule has 22 heavy (non-hydrogen) atoms. The van der Waals surface area contributed by atoms with Crippen molar-refractivity contribution >= 4 is 0 Å². The average molecular weight is 295 g/mol. The molecule has 2 nitrogen and oxygen atoms in total. The SMILES string of the molecule is Cc1cccc([C@@]2(O)CCN(Cc3ccccc3)C[C@@H]2C)c1. The minimum absolute atomic E-state index is 0.228. The summed E-state index contributed by atoms with van der Waals surface area (Å²) in [5.41, 5.74) is 2.93. The quantitative estimate of drug-likeness (QED) is 0.933. The smallest absolute Gasteiger partial charge is 0.0946 e. The maximum atomic E-state index is 11.2. The molecule has 0 aliphatic carbocycles. The lowest BCUT2D eigenvalue weighted by Crippen LogP contribution is -2.48. The van der Waals surface area contributed by atoms with Crippen LogP contribution in [-0.4, -0.2) is 23.1 Å². The van der Waals surface area contributed by atoms with Crippen LogP contribution in [0.2, 0.25) is 0 Å². The van der Waals surface area contributed by atoms with Crippen molar-refractivity contribution in [1.82, 2.24) is 4.90 Å². The number of aliphatic hydroxyl groups is 1. The molecule has 1 fully saturated rings. The Labute approximate surface area is 133 Å². The van der Waals surface area contributed by atoms with Gasteiger partial charge in [-0.25, -0.2) is 0 Å². The van der Waals surface area contributed by atoms with Gasteiger partial charge in [-0.1, -0.05) is 67.1 Å². The number of piperidine rings is 1. The number of likely N-dealkylation sites (tertiary alicyclic amines) is 1. The van der Waals surface area contributed by atoms with Crippen LogP contribution in [0.15, 0.2) is 54.6 Å². The van der Waals surface area contributed by atoms with Crippen molar-refractivity contribution in [2.75, 3.05) is 13.1 Å². The van der Waals surface area contributed by atoms with Gasteiger partial charge in [-0.2, -0.15) is 0 Å². The Hall–Kier alpha value is -1.64. The van der Waals surface area contributed by atoms with Gasteiger partial charge in [0.1, 0.15) is 0 Å². The summed E-state index contributed by atoms with van der Waals surface area (Å²) in [5.74, 6) is 0.228. The Bertz CT molecular complexity index is 625. The molecule has 0 amide bonds. The van der Waals surface area contributed by atoms with Gasteiger partial charge in [-0.15, -0.1) is 0 Å². The van der Waals surface area contributed by atoms with E-state index in [0.717, 1.165) is 31.6 Å². The zero-order valence-corrected chi connectivity index (χ0v) is 13.5. The van der Waals surface area contributed by atoms with E-state index in [0.29, 0.717) is 0 Å². The number of nitrogens with zero attached hydrogens (tertiary/aromatic N) is 1. The summed E-state index contributed by atoms with van der Waals surface area (Å²) in [6.45, 7) is 7.08. The molecule has 0 saturated carbocycles. The monoisotopic (exact) mass is 295 g/mol. The van der Waals surface area contributed by atoms with E-state index in [2.05, 4.69) is 67.3 Å². The second-order valence-electron chi connectivity index (χ2n) is 6.67. The largest absolute Gasteiger partial charge is 0.385 e. The van der Waals surface area contributed by atoms with E-state index in [1.807, 2.05) is 6.07 Å². The molecule has 0 spiro atoms. The van der Waals surface area contributed by atoms with Crippen LogP contribution in [0.3, 0.4) is 0 Å². The molecule has 1 aliphatic heterocycles. The van der Waals surface area contributed by atoms with E-state index >= 15 is 0 Å². The second-order valence-corrected chi connectivity index (χ2v) is 6.67. The number of hydrogen-bond acceptors (Lipinski definition) is 2. The van der Waals surface area contributed by atoms with Crippen LogP contribution in [0, 0.1) is 12.8 Å². The molecule has 3 rings (SSSR count). The summed E-state index contributed by atoms with van der Waals surface area (Å²) in [4.78, 5) is 2.45. The molecule has 2 heteroatoms. The molecule has 1 N–H and O–H groups in total. The first-order valence-corrected chi connectivity index (χ1v) is 8.14. The van der Waals surface area contributed by atoms with Crippen molar-refractivity contribution in [3.63, 3.8) is 0 Å². The van der Waals surface area contributed by atoms with Gasteiger partial charge in [-0.05, 0) is 24.5 Å². The molecule has 1 saturated heterocycles. The van der Waals surface area contributed by atoms with Crippen LogP contribution in [0.25, 0.3) is 0 Å². The fourth-order valence-corrected chi connectivity index (χ4v) is 3.53. The molecule has 0 radical (unpaired) electrons. The Morgan fingerprint density at radius 3 is 2.59 bits per heavy atom. The van der Waals surface area contributed by atoms with Gasteiger partial charge in [0.05, 0.1) is 5.60 Å². The standard InChI is InChI=1S/C20H25NO/c1-16-7-6-10-19(13-16)20(22)11-12-21(14-17(20)2)15-18-8-4-3-5-9-18/h3-10,13,17,22H,11-12,14-15H2,1-2H3/t17-,20+/m0/s1. The van der Waals surface area contributed by atoms with E-state index in [4.69, 9.17) is 0 Å². The first-order chi connectivity index (χ1) is 10.6. The topological polar surface area (TPSA) is 23.5 Å². The fraction of sp³-hybridized carbons (Fsp3) is 0.400. The highest BCUT2D eigenvalue weighted by Gasteiger charge is 2.40. The van der Waals surface area contributed by atoms with Crippen LogP contribution in [0.4, 0.5) is 0 Å². The predicted octanol–water partition coefficient (Wildman–Crippen LogP) is 3.72. The summed E-state index contributed by atoms with van der Waals surface area (Å²) in [6, 6.07) is 18.9. The minimum atomic E-state index is -0.695. The number of rotatable bonds is 3. The molecule has 116 valence electrons. The van der Waals surface area contributed by atoms with Gasteiger partial charge in [0, 0.05) is 25.6 Å². The van der Waals surface area contributed by atoms with Gasteiger partial charge in [0.2, 0.25) is 0 Å². The average Bonchev–Trinajstić information content (AvgIpc) is 2.52. The number of aryl methyl sites for hydroxylation is 1. The van der Waals surface area contributed by atoms with Crippen LogP contribution in [0.1, 0.15) is 30.0 Å². The van der Waals surface area contributed by atoms with Crippen LogP contribution < -0.4 is 0 Å². The highest BCUT2D eigenvalue weighted by Crippen LogP contribution is 2.37. The molecule has 1 heterocycles.